The van der Waals surface area contributed by atoms with Gasteiger partial charge < -0.3 is 10.4 Å². The minimum Gasteiger partial charge on any atom is -0.480 e. The highest BCUT2D eigenvalue weighted by atomic mass is 35.5. The first kappa shape index (κ1) is 15.1. The van der Waals surface area contributed by atoms with Crippen molar-refractivity contribution in [3.8, 4) is 11.1 Å². The number of carbonyl (C=O) groups is 2. The zero-order valence-corrected chi connectivity index (χ0v) is 12.1. The molecule has 4 nitrogen and oxygen atoms in total. The fourth-order valence-corrected chi connectivity index (χ4v) is 2.21. The molecule has 108 valence electrons. The summed E-state index contributed by atoms with van der Waals surface area (Å²) in [5.74, 6) is -1.44. The molecule has 0 fully saturated rings. The fraction of sp³-hybridized carbons (Fsp3) is 0.125. The van der Waals surface area contributed by atoms with Crippen LogP contribution in [0, 0.1) is 0 Å². The minimum atomic E-state index is -1.21. The van der Waals surface area contributed by atoms with E-state index >= 15 is 0 Å². The molecule has 2 rings (SSSR count). The van der Waals surface area contributed by atoms with Crippen LogP contribution in [0.4, 0.5) is 5.69 Å². The van der Waals surface area contributed by atoms with Crippen molar-refractivity contribution in [1.82, 2.24) is 0 Å². The number of benzene rings is 2. The Kier molecular flexibility index (Phi) is 4.60. The first-order chi connectivity index (χ1) is 9.99. The van der Waals surface area contributed by atoms with Crippen LogP contribution in [0.2, 0.25) is 0 Å². The Morgan fingerprint density at radius 1 is 1.10 bits per heavy atom. The standard InChI is InChI=1S/C16H14ClNO3/c1-10(19)18-14-9-12(11-5-3-2-4-6-11)7-8-13(14)15(17)16(20)21/h2-9,15H,1H3,(H,18,19)(H,20,21). The number of rotatable bonds is 4. The Bertz CT molecular complexity index is 670. The maximum absolute atomic E-state index is 11.3. The zero-order valence-electron chi connectivity index (χ0n) is 11.3. The SMILES string of the molecule is CC(=O)Nc1cc(-c2ccccc2)ccc1C(Cl)C(=O)O. The molecule has 1 unspecified atom stereocenters. The molecule has 2 aromatic carbocycles. The highest BCUT2D eigenvalue weighted by Gasteiger charge is 2.20. The van der Waals surface area contributed by atoms with E-state index in [0.717, 1.165) is 11.1 Å². The minimum absolute atomic E-state index is 0.282. The second-order valence-corrected chi connectivity index (χ2v) is 4.99. The van der Waals surface area contributed by atoms with Gasteiger partial charge in [-0.3, -0.25) is 9.59 Å². The first-order valence-electron chi connectivity index (χ1n) is 6.33. The van der Waals surface area contributed by atoms with Crippen LogP contribution in [0.1, 0.15) is 17.9 Å². The van der Waals surface area contributed by atoms with Gasteiger partial charge in [0.25, 0.3) is 0 Å². The second-order valence-electron chi connectivity index (χ2n) is 4.55. The van der Waals surface area contributed by atoms with Crippen molar-refractivity contribution >= 4 is 29.2 Å². The van der Waals surface area contributed by atoms with Gasteiger partial charge in [0.2, 0.25) is 5.91 Å². The molecule has 21 heavy (non-hydrogen) atoms. The van der Waals surface area contributed by atoms with Gasteiger partial charge >= 0.3 is 5.97 Å². The lowest BCUT2D eigenvalue weighted by molar-refractivity contribution is -0.136. The molecule has 0 spiro atoms. The molecule has 0 aromatic heterocycles. The van der Waals surface area contributed by atoms with Crippen molar-refractivity contribution in [2.45, 2.75) is 12.3 Å². The number of alkyl halides is 1. The van der Waals surface area contributed by atoms with E-state index in [1.165, 1.54) is 6.92 Å². The monoisotopic (exact) mass is 303 g/mol. The zero-order chi connectivity index (χ0) is 15.4. The summed E-state index contributed by atoms with van der Waals surface area (Å²) in [5, 5.41) is 10.5. The van der Waals surface area contributed by atoms with Crippen molar-refractivity contribution < 1.29 is 14.7 Å². The number of nitrogens with one attached hydrogen (secondary N) is 1. The van der Waals surface area contributed by atoms with Gasteiger partial charge in [-0.2, -0.15) is 0 Å². The molecule has 0 saturated carbocycles. The smallest absolute Gasteiger partial charge is 0.326 e. The van der Waals surface area contributed by atoms with Crippen molar-refractivity contribution in [1.29, 1.82) is 0 Å². The van der Waals surface area contributed by atoms with Crippen molar-refractivity contribution in [2.24, 2.45) is 0 Å². The molecule has 0 bridgehead atoms. The molecule has 1 amide bonds. The van der Waals surface area contributed by atoms with Crippen LogP contribution in [0.5, 0.6) is 0 Å². The Hall–Kier alpha value is -2.33. The summed E-state index contributed by atoms with van der Waals surface area (Å²) in [7, 11) is 0. The van der Waals surface area contributed by atoms with E-state index < -0.39 is 11.3 Å². The van der Waals surface area contributed by atoms with E-state index in [9.17, 15) is 9.59 Å². The molecule has 5 heteroatoms. The molecule has 0 radical (unpaired) electrons. The van der Waals surface area contributed by atoms with Crippen LogP contribution < -0.4 is 5.32 Å². The summed E-state index contributed by atoms with van der Waals surface area (Å²) in [6.07, 6.45) is 0. The Labute approximate surface area is 127 Å². The normalized spacial score (nSPS) is 11.7. The van der Waals surface area contributed by atoms with Crippen LogP contribution in [-0.2, 0) is 9.59 Å². The van der Waals surface area contributed by atoms with Gasteiger partial charge in [-0.25, -0.2) is 0 Å². The maximum atomic E-state index is 11.3. The van der Waals surface area contributed by atoms with Gasteiger partial charge in [-0.05, 0) is 17.2 Å². The second kappa shape index (κ2) is 6.41. The number of carbonyl (C=O) groups excluding carboxylic acids is 1. The number of aliphatic carboxylic acids is 1. The lowest BCUT2D eigenvalue weighted by Crippen LogP contribution is -2.12. The number of hydrogen-bond donors (Lipinski definition) is 2. The van der Waals surface area contributed by atoms with E-state index in [1.54, 1.807) is 18.2 Å². The third-order valence-electron chi connectivity index (χ3n) is 2.96. The average molecular weight is 304 g/mol. The lowest BCUT2D eigenvalue weighted by Gasteiger charge is -2.14. The van der Waals surface area contributed by atoms with E-state index in [-0.39, 0.29) is 5.91 Å². The summed E-state index contributed by atoms with van der Waals surface area (Å²) >= 11 is 5.88. The van der Waals surface area contributed by atoms with Gasteiger partial charge in [0.1, 0.15) is 0 Å². The fourth-order valence-electron chi connectivity index (χ4n) is 2.02. The Morgan fingerprint density at radius 2 is 1.76 bits per heavy atom. The average Bonchev–Trinajstić information content (AvgIpc) is 2.46. The van der Waals surface area contributed by atoms with Crippen LogP contribution in [0.25, 0.3) is 11.1 Å². The number of carboxylic acids is 1. The van der Waals surface area contributed by atoms with Crippen LogP contribution in [0.15, 0.2) is 48.5 Å². The first-order valence-corrected chi connectivity index (χ1v) is 6.76. The number of amides is 1. The Morgan fingerprint density at radius 3 is 2.33 bits per heavy atom. The molecule has 0 heterocycles. The summed E-state index contributed by atoms with van der Waals surface area (Å²) in [6.45, 7) is 1.36. The summed E-state index contributed by atoms with van der Waals surface area (Å²) in [6, 6.07) is 14.7. The summed E-state index contributed by atoms with van der Waals surface area (Å²) in [5.41, 5.74) is 2.61. The highest BCUT2D eigenvalue weighted by molar-refractivity contribution is 6.30. The highest BCUT2D eigenvalue weighted by Crippen LogP contribution is 2.32. The third-order valence-corrected chi connectivity index (χ3v) is 3.38. The number of carboxylic acid groups (broad SMARTS) is 1. The molecule has 0 saturated heterocycles. The maximum Gasteiger partial charge on any atom is 0.326 e. The largest absolute Gasteiger partial charge is 0.480 e. The quantitative estimate of drug-likeness (QED) is 0.847. The molecule has 2 N–H and O–H groups in total. The van der Waals surface area contributed by atoms with Crippen molar-refractivity contribution in [3.05, 3.63) is 54.1 Å². The number of hydrogen-bond acceptors (Lipinski definition) is 2. The molecule has 0 aliphatic heterocycles. The van der Waals surface area contributed by atoms with E-state index in [4.69, 9.17) is 16.7 Å². The molecule has 2 aromatic rings. The topological polar surface area (TPSA) is 66.4 Å². The summed E-state index contributed by atoms with van der Waals surface area (Å²) in [4.78, 5) is 22.4. The van der Waals surface area contributed by atoms with E-state index in [0.29, 0.717) is 11.3 Å². The molecular weight excluding hydrogens is 290 g/mol. The molecule has 1 atom stereocenters. The van der Waals surface area contributed by atoms with Crippen LogP contribution in [0.3, 0.4) is 0 Å². The van der Waals surface area contributed by atoms with Crippen molar-refractivity contribution in [2.75, 3.05) is 5.32 Å². The predicted molar refractivity (Wildman–Crippen MR) is 82.4 cm³/mol. The molecule has 0 aliphatic carbocycles. The third kappa shape index (κ3) is 3.61. The lowest BCUT2D eigenvalue weighted by atomic mass is 10.0. The van der Waals surface area contributed by atoms with E-state index in [2.05, 4.69) is 5.32 Å². The number of anilines is 1. The molecule has 0 aliphatic rings. The van der Waals surface area contributed by atoms with Gasteiger partial charge in [0.15, 0.2) is 5.38 Å². The van der Waals surface area contributed by atoms with Crippen molar-refractivity contribution in [3.63, 3.8) is 0 Å². The van der Waals surface area contributed by atoms with Gasteiger partial charge in [-0.15, -0.1) is 11.6 Å². The Balaban J connectivity index is 2.49. The van der Waals surface area contributed by atoms with Gasteiger partial charge in [0.05, 0.1) is 0 Å². The van der Waals surface area contributed by atoms with E-state index in [1.807, 2.05) is 30.3 Å². The van der Waals surface area contributed by atoms with Crippen LogP contribution >= 0.6 is 11.6 Å². The summed E-state index contributed by atoms with van der Waals surface area (Å²) < 4.78 is 0. The van der Waals surface area contributed by atoms with Gasteiger partial charge in [-0.1, -0.05) is 42.5 Å². The predicted octanol–water partition coefficient (Wildman–Crippen LogP) is 3.68. The van der Waals surface area contributed by atoms with Crippen LogP contribution in [-0.4, -0.2) is 17.0 Å². The van der Waals surface area contributed by atoms with Gasteiger partial charge in [0, 0.05) is 18.2 Å². The number of halogens is 1. The molecular formula is C16H14ClNO3.